The van der Waals surface area contributed by atoms with Crippen molar-refractivity contribution < 1.29 is 18.8 Å². The molecule has 3 rings (SSSR count). The molecule has 140 valence electrons. The normalized spacial score (nSPS) is 10.4. The minimum Gasteiger partial charge on any atom is -0.495 e. The number of hydrogen-bond acceptors (Lipinski definition) is 5. The van der Waals surface area contributed by atoms with Crippen molar-refractivity contribution in [2.75, 3.05) is 19.0 Å². The van der Waals surface area contributed by atoms with Crippen molar-refractivity contribution >= 4 is 11.6 Å². The van der Waals surface area contributed by atoms with Crippen molar-refractivity contribution in [2.45, 2.75) is 19.8 Å². The van der Waals surface area contributed by atoms with Gasteiger partial charge in [0.1, 0.15) is 11.5 Å². The highest BCUT2D eigenvalue weighted by Gasteiger charge is 2.15. The maximum atomic E-state index is 12.4. The van der Waals surface area contributed by atoms with E-state index in [-0.39, 0.29) is 11.6 Å². The average Bonchev–Trinajstić information content (AvgIpc) is 3.19. The number of aromatic nitrogens is 1. The number of methoxy groups -OCH3 is 1. The Hall–Kier alpha value is -3.28. The van der Waals surface area contributed by atoms with Crippen molar-refractivity contribution in [1.29, 1.82) is 0 Å². The molecule has 0 aliphatic carbocycles. The van der Waals surface area contributed by atoms with Crippen molar-refractivity contribution in [1.82, 2.24) is 5.16 Å². The second-order valence-corrected chi connectivity index (χ2v) is 5.96. The highest BCUT2D eigenvalue weighted by Crippen LogP contribution is 2.26. The fourth-order valence-corrected chi connectivity index (χ4v) is 2.50. The Labute approximate surface area is 158 Å². The first-order valence-electron chi connectivity index (χ1n) is 8.85. The summed E-state index contributed by atoms with van der Waals surface area (Å²) < 4.78 is 16.2. The molecule has 0 unspecified atom stereocenters. The molecular formula is C21H22N2O4. The number of nitrogens with zero attached hydrogens (tertiary/aromatic N) is 1. The zero-order chi connectivity index (χ0) is 19.1. The summed E-state index contributed by atoms with van der Waals surface area (Å²) in [6.45, 7) is 2.82. The summed E-state index contributed by atoms with van der Waals surface area (Å²) >= 11 is 0. The second-order valence-electron chi connectivity index (χ2n) is 5.96. The molecule has 0 aliphatic rings. The van der Waals surface area contributed by atoms with E-state index in [4.69, 9.17) is 14.0 Å². The molecule has 0 saturated heterocycles. The van der Waals surface area contributed by atoms with Crippen molar-refractivity contribution in [3.8, 4) is 22.8 Å². The van der Waals surface area contributed by atoms with Gasteiger partial charge in [-0.2, -0.15) is 0 Å². The molecule has 2 aromatic carbocycles. The minimum atomic E-state index is -0.367. The highest BCUT2D eigenvalue weighted by atomic mass is 16.5. The number of para-hydroxylation sites is 2. The van der Waals surface area contributed by atoms with Crippen molar-refractivity contribution in [2.24, 2.45) is 0 Å². The molecule has 0 saturated carbocycles. The SMILES string of the molecule is CCCCOc1ccc(-c2cc(C(=O)Nc3ccccc3OC)no2)cc1. The predicted molar refractivity (Wildman–Crippen MR) is 103 cm³/mol. The fourth-order valence-electron chi connectivity index (χ4n) is 2.50. The molecule has 0 bridgehead atoms. The van der Waals surface area contributed by atoms with Crippen molar-refractivity contribution in [3.63, 3.8) is 0 Å². The van der Waals surface area contributed by atoms with Crippen LogP contribution in [0.3, 0.4) is 0 Å². The zero-order valence-electron chi connectivity index (χ0n) is 15.4. The van der Waals surface area contributed by atoms with Gasteiger partial charge in [0, 0.05) is 11.6 Å². The predicted octanol–water partition coefficient (Wildman–Crippen LogP) is 4.78. The van der Waals surface area contributed by atoms with E-state index in [9.17, 15) is 4.79 Å². The van der Waals surface area contributed by atoms with Gasteiger partial charge in [0.15, 0.2) is 11.5 Å². The van der Waals surface area contributed by atoms with E-state index < -0.39 is 0 Å². The summed E-state index contributed by atoms with van der Waals surface area (Å²) in [5.41, 5.74) is 1.59. The molecule has 0 aliphatic heterocycles. The number of nitrogens with one attached hydrogen (secondary N) is 1. The third-order valence-corrected chi connectivity index (χ3v) is 4.00. The molecule has 0 atom stereocenters. The van der Waals surface area contributed by atoms with E-state index in [1.807, 2.05) is 36.4 Å². The molecular weight excluding hydrogens is 344 g/mol. The fraction of sp³-hybridized carbons (Fsp3) is 0.238. The van der Waals surface area contributed by atoms with Gasteiger partial charge >= 0.3 is 0 Å². The van der Waals surface area contributed by atoms with E-state index in [0.717, 1.165) is 24.2 Å². The quantitative estimate of drug-likeness (QED) is 0.581. The van der Waals surface area contributed by atoms with Gasteiger partial charge in [-0.05, 0) is 42.8 Å². The number of carbonyl (C=O) groups excluding carboxylic acids is 1. The van der Waals surface area contributed by atoms with Gasteiger partial charge in [-0.25, -0.2) is 0 Å². The van der Waals surface area contributed by atoms with Crippen LogP contribution in [0.4, 0.5) is 5.69 Å². The Morgan fingerprint density at radius 2 is 1.93 bits per heavy atom. The Morgan fingerprint density at radius 1 is 1.15 bits per heavy atom. The number of anilines is 1. The first-order chi connectivity index (χ1) is 13.2. The number of rotatable bonds is 8. The first kappa shape index (κ1) is 18.5. The lowest BCUT2D eigenvalue weighted by Crippen LogP contribution is -2.12. The number of amides is 1. The van der Waals surface area contributed by atoms with Gasteiger partial charge in [0.2, 0.25) is 0 Å². The minimum absolute atomic E-state index is 0.194. The van der Waals surface area contributed by atoms with Gasteiger partial charge in [-0.15, -0.1) is 0 Å². The van der Waals surface area contributed by atoms with Crippen molar-refractivity contribution in [3.05, 3.63) is 60.3 Å². The molecule has 1 aromatic heterocycles. The maximum Gasteiger partial charge on any atom is 0.277 e. The summed E-state index contributed by atoms with van der Waals surface area (Å²) in [6, 6.07) is 16.3. The summed E-state index contributed by atoms with van der Waals surface area (Å²) in [4.78, 5) is 12.4. The largest absolute Gasteiger partial charge is 0.495 e. The number of unbranched alkanes of at least 4 members (excludes halogenated alkanes) is 1. The molecule has 1 N–H and O–H groups in total. The Morgan fingerprint density at radius 3 is 2.67 bits per heavy atom. The van der Waals surface area contributed by atoms with Gasteiger partial charge in [-0.3, -0.25) is 4.79 Å². The van der Waals surface area contributed by atoms with Crippen LogP contribution in [0, 0.1) is 0 Å². The zero-order valence-corrected chi connectivity index (χ0v) is 15.4. The molecule has 27 heavy (non-hydrogen) atoms. The Kier molecular flexibility index (Phi) is 6.10. The maximum absolute atomic E-state index is 12.4. The van der Waals surface area contributed by atoms with Gasteiger partial charge in [0.05, 0.1) is 19.4 Å². The van der Waals surface area contributed by atoms with Crippen LogP contribution in [-0.4, -0.2) is 24.8 Å². The Bertz CT molecular complexity index is 887. The van der Waals surface area contributed by atoms with Gasteiger partial charge in [-0.1, -0.05) is 30.6 Å². The summed E-state index contributed by atoms with van der Waals surface area (Å²) in [5.74, 6) is 1.53. The standard InChI is InChI=1S/C21H22N2O4/c1-3-4-13-26-16-11-9-15(10-12-16)20-14-18(23-27-20)21(24)22-17-7-5-6-8-19(17)25-2/h5-12,14H,3-4,13H2,1-2H3,(H,22,24). The lowest BCUT2D eigenvalue weighted by atomic mass is 10.1. The number of hydrogen-bond donors (Lipinski definition) is 1. The molecule has 3 aromatic rings. The summed E-state index contributed by atoms with van der Waals surface area (Å²) in [7, 11) is 1.55. The van der Waals surface area contributed by atoms with Crippen LogP contribution in [0.15, 0.2) is 59.1 Å². The summed E-state index contributed by atoms with van der Waals surface area (Å²) in [6.07, 6.45) is 2.12. The van der Waals surface area contributed by atoms with Crippen LogP contribution >= 0.6 is 0 Å². The smallest absolute Gasteiger partial charge is 0.277 e. The van der Waals surface area contributed by atoms with E-state index in [2.05, 4.69) is 17.4 Å². The average molecular weight is 366 g/mol. The molecule has 0 radical (unpaired) electrons. The van der Waals surface area contributed by atoms with Crippen LogP contribution in [0.25, 0.3) is 11.3 Å². The first-order valence-corrected chi connectivity index (χ1v) is 8.85. The molecule has 6 heteroatoms. The number of benzene rings is 2. The molecule has 0 fully saturated rings. The topological polar surface area (TPSA) is 73.6 Å². The van der Waals surface area contributed by atoms with Crippen LogP contribution in [-0.2, 0) is 0 Å². The van der Waals surface area contributed by atoms with Crippen LogP contribution in [0.1, 0.15) is 30.3 Å². The Balaban J connectivity index is 1.68. The van der Waals surface area contributed by atoms with Crippen LogP contribution in [0.5, 0.6) is 11.5 Å². The third-order valence-electron chi connectivity index (χ3n) is 4.00. The molecule has 1 amide bonds. The molecule has 0 spiro atoms. The molecule has 1 heterocycles. The highest BCUT2D eigenvalue weighted by molar-refractivity contribution is 6.04. The van der Waals surface area contributed by atoms with Crippen LogP contribution in [0.2, 0.25) is 0 Å². The van der Waals surface area contributed by atoms with E-state index >= 15 is 0 Å². The van der Waals surface area contributed by atoms with E-state index in [0.29, 0.717) is 23.8 Å². The third kappa shape index (κ3) is 4.67. The number of ether oxygens (including phenoxy) is 2. The lowest BCUT2D eigenvalue weighted by molar-refractivity contribution is 0.101. The monoisotopic (exact) mass is 366 g/mol. The lowest BCUT2D eigenvalue weighted by Gasteiger charge is -2.08. The number of carbonyl (C=O) groups is 1. The van der Waals surface area contributed by atoms with E-state index in [1.54, 1.807) is 25.3 Å². The molecule has 6 nitrogen and oxygen atoms in total. The summed E-state index contributed by atoms with van der Waals surface area (Å²) in [5, 5.41) is 6.64. The van der Waals surface area contributed by atoms with E-state index in [1.165, 1.54) is 0 Å². The van der Waals surface area contributed by atoms with Crippen LogP contribution < -0.4 is 14.8 Å². The van der Waals surface area contributed by atoms with Gasteiger partial charge in [0.25, 0.3) is 5.91 Å². The van der Waals surface area contributed by atoms with Gasteiger partial charge < -0.3 is 19.3 Å². The second kappa shape index (κ2) is 8.89.